The lowest BCUT2D eigenvalue weighted by molar-refractivity contribution is -0.151. The van der Waals surface area contributed by atoms with Crippen molar-refractivity contribution in [3.63, 3.8) is 0 Å². The first kappa shape index (κ1) is 15.1. The zero-order chi connectivity index (χ0) is 14.8. The number of hydrogen-bond donors (Lipinski definition) is 2. The predicted octanol–water partition coefficient (Wildman–Crippen LogP) is 0.129. The van der Waals surface area contributed by atoms with Crippen LogP contribution in [0.15, 0.2) is 0 Å². The molecular formula is C13H22N2O5. The van der Waals surface area contributed by atoms with E-state index >= 15 is 0 Å². The highest BCUT2D eigenvalue weighted by atomic mass is 16.5. The summed E-state index contributed by atoms with van der Waals surface area (Å²) in [6.07, 6.45) is 2.07. The van der Waals surface area contributed by atoms with E-state index in [0.29, 0.717) is 32.7 Å². The normalized spacial score (nSPS) is 31.2. The predicted molar refractivity (Wildman–Crippen MR) is 70.4 cm³/mol. The summed E-state index contributed by atoms with van der Waals surface area (Å²) in [6.45, 7) is 2.96. The van der Waals surface area contributed by atoms with Crippen LogP contribution in [0.4, 0.5) is 4.79 Å². The first-order valence-corrected chi connectivity index (χ1v) is 7.01. The van der Waals surface area contributed by atoms with Crippen molar-refractivity contribution in [3.05, 3.63) is 0 Å². The van der Waals surface area contributed by atoms with E-state index in [1.165, 1.54) is 9.80 Å². The molecule has 114 valence electrons. The van der Waals surface area contributed by atoms with Gasteiger partial charge >= 0.3 is 12.0 Å². The quantitative estimate of drug-likeness (QED) is 0.753. The number of hydrogen-bond acceptors (Lipinski definition) is 4. The molecule has 2 heterocycles. The van der Waals surface area contributed by atoms with Gasteiger partial charge in [-0.2, -0.15) is 0 Å². The molecule has 0 aromatic rings. The van der Waals surface area contributed by atoms with Gasteiger partial charge in [0.15, 0.2) is 0 Å². The maximum absolute atomic E-state index is 12.7. The van der Waals surface area contributed by atoms with Gasteiger partial charge in [0.1, 0.15) is 5.54 Å². The molecule has 2 amide bonds. The maximum atomic E-state index is 12.7. The topological polar surface area (TPSA) is 90.3 Å². The van der Waals surface area contributed by atoms with Crippen LogP contribution in [0.1, 0.15) is 26.2 Å². The number of carboxylic acid groups (broad SMARTS) is 1. The number of ether oxygens (including phenoxy) is 1. The Morgan fingerprint density at radius 1 is 1.35 bits per heavy atom. The molecule has 0 spiro atoms. The molecule has 20 heavy (non-hydrogen) atoms. The smallest absolute Gasteiger partial charge is 0.329 e. The molecule has 2 rings (SSSR count). The Morgan fingerprint density at radius 2 is 2.10 bits per heavy atom. The number of aliphatic carboxylic acids is 1. The third-order valence-corrected chi connectivity index (χ3v) is 4.27. The molecule has 2 saturated heterocycles. The van der Waals surface area contributed by atoms with E-state index in [9.17, 15) is 19.8 Å². The fraction of sp³-hybridized carbons (Fsp3) is 0.846. The molecule has 2 aliphatic rings. The highest BCUT2D eigenvalue weighted by Gasteiger charge is 2.46. The van der Waals surface area contributed by atoms with Gasteiger partial charge in [0.2, 0.25) is 0 Å². The molecular weight excluding hydrogens is 264 g/mol. The number of carbonyl (C=O) groups excluding carboxylic acids is 1. The van der Waals surface area contributed by atoms with Crippen LogP contribution in [0.2, 0.25) is 0 Å². The Kier molecular flexibility index (Phi) is 4.49. The van der Waals surface area contributed by atoms with Crippen LogP contribution >= 0.6 is 0 Å². The number of rotatable bonds is 2. The van der Waals surface area contributed by atoms with Crippen LogP contribution in [0.5, 0.6) is 0 Å². The molecule has 0 aromatic heterocycles. The number of urea groups is 1. The fourth-order valence-electron chi connectivity index (χ4n) is 2.86. The summed E-state index contributed by atoms with van der Waals surface area (Å²) in [6, 6.07) is -0.701. The minimum Gasteiger partial charge on any atom is -0.480 e. The summed E-state index contributed by atoms with van der Waals surface area (Å²) < 4.78 is 5.25. The van der Waals surface area contributed by atoms with Gasteiger partial charge in [0, 0.05) is 13.1 Å². The van der Waals surface area contributed by atoms with Crippen molar-refractivity contribution in [2.24, 2.45) is 0 Å². The van der Waals surface area contributed by atoms with Crippen LogP contribution < -0.4 is 0 Å². The number of aliphatic hydroxyl groups excluding tert-OH is 1. The van der Waals surface area contributed by atoms with Crippen molar-refractivity contribution in [3.8, 4) is 0 Å². The second-order valence-corrected chi connectivity index (χ2v) is 5.58. The summed E-state index contributed by atoms with van der Waals surface area (Å²) >= 11 is 0. The van der Waals surface area contributed by atoms with E-state index in [2.05, 4.69) is 0 Å². The second kappa shape index (κ2) is 5.97. The summed E-state index contributed by atoms with van der Waals surface area (Å²) in [5.41, 5.74) is -1.16. The van der Waals surface area contributed by atoms with Crippen LogP contribution in [0.25, 0.3) is 0 Å². The number of morpholine rings is 1. The molecule has 0 radical (unpaired) electrons. The number of nitrogens with zero attached hydrogens (tertiary/aromatic N) is 2. The molecule has 0 saturated carbocycles. The Hall–Kier alpha value is -1.34. The molecule has 0 aromatic carbocycles. The van der Waals surface area contributed by atoms with Gasteiger partial charge in [-0.3, -0.25) is 0 Å². The highest BCUT2D eigenvalue weighted by molar-refractivity contribution is 5.86. The van der Waals surface area contributed by atoms with Crippen molar-refractivity contribution < 1.29 is 24.5 Å². The Bertz CT molecular complexity index is 389. The number of amides is 2. The molecule has 2 aliphatic heterocycles. The number of carbonyl (C=O) groups is 2. The summed E-state index contributed by atoms with van der Waals surface area (Å²) in [4.78, 5) is 27.2. The maximum Gasteiger partial charge on any atom is 0.329 e. The molecule has 0 aliphatic carbocycles. The van der Waals surface area contributed by atoms with Gasteiger partial charge in [0.05, 0.1) is 25.9 Å². The van der Waals surface area contributed by atoms with Crippen molar-refractivity contribution in [1.82, 2.24) is 9.80 Å². The van der Waals surface area contributed by atoms with Crippen LogP contribution in [0.3, 0.4) is 0 Å². The molecule has 2 fully saturated rings. The highest BCUT2D eigenvalue weighted by Crippen LogP contribution is 2.30. The van der Waals surface area contributed by atoms with Crippen molar-refractivity contribution >= 4 is 12.0 Å². The zero-order valence-corrected chi connectivity index (χ0v) is 11.7. The number of carboxylic acids is 1. The van der Waals surface area contributed by atoms with Gasteiger partial charge in [-0.1, -0.05) is 0 Å². The van der Waals surface area contributed by atoms with Crippen molar-refractivity contribution in [2.75, 3.05) is 32.9 Å². The minimum absolute atomic E-state index is 0.177. The number of likely N-dealkylation sites (tertiary alicyclic amines) is 1. The molecule has 2 unspecified atom stereocenters. The molecule has 2 N–H and O–H groups in total. The van der Waals surface area contributed by atoms with Gasteiger partial charge < -0.3 is 24.7 Å². The van der Waals surface area contributed by atoms with E-state index in [0.717, 1.165) is 12.8 Å². The average molecular weight is 286 g/mol. The van der Waals surface area contributed by atoms with Crippen LogP contribution in [-0.4, -0.2) is 76.5 Å². The second-order valence-electron chi connectivity index (χ2n) is 5.58. The SMILES string of the molecule is CC1(C(=O)O)CCCCN1C(=O)N1CCOCC1CO. The van der Waals surface area contributed by atoms with E-state index in [4.69, 9.17) is 4.74 Å². The lowest BCUT2D eigenvalue weighted by Crippen LogP contribution is -2.63. The molecule has 0 bridgehead atoms. The van der Waals surface area contributed by atoms with Crippen LogP contribution in [0, 0.1) is 0 Å². The Morgan fingerprint density at radius 3 is 2.75 bits per heavy atom. The lowest BCUT2D eigenvalue weighted by atomic mass is 9.88. The van der Waals surface area contributed by atoms with Crippen molar-refractivity contribution in [1.29, 1.82) is 0 Å². The lowest BCUT2D eigenvalue weighted by Gasteiger charge is -2.46. The third-order valence-electron chi connectivity index (χ3n) is 4.27. The minimum atomic E-state index is -1.16. The molecule has 7 heteroatoms. The van der Waals surface area contributed by atoms with E-state index in [1.54, 1.807) is 6.92 Å². The van der Waals surface area contributed by atoms with Gasteiger partial charge in [-0.25, -0.2) is 9.59 Å². The number of piperidine rings is 1. The first-order chi connectivity index (χ1) is 9.50. The average Bonchev–Trinajstić information content (AvgIpc) is 2.47. The zero-order valence-electron chi connectivity index (χ0n) is 11.7. The van der Waals surface area contributed by atoms with E-state index < -0.39 is 17.6 Å². The summed E-state index contributed by atoms with van der Waals surface area (Å²) in [5, 5.41) is 18.8. The van der Waals surface area contributed by atoms with Gasteiger partial charge in [-0.05, 0) is 26.2 Å². The Labute approximate surface area is 118 Å². The van der Waals surface area contributed by atoms with E-state index in [1.807, 2.05) is 0 Å². The first-order valence-electron chi connectivity index (χ1n) is 7.01. The molecule has 2 atom stereocenters. The Balaban J connectivity index is 2.19. The van der Waals surface area contributed by atoms with Gasteiger partial charge in [-0.15, -0.1) is 0 Å². The standard InChI is InChI=1S/C13H22N2O5/c1-13(11(17)18)4-2-3-5-15(13)12(19)14-6-7-20-9-10(14)8-16/h10,16H,2-9H2,1H3,(H,17,18). The van der Waals surface area contributed by atoms with E-state index in [-0.39, 0.29) is 12.6 Å². The largest absolute Gasteiger partial charge is 0.480 e. The number of aliphatic hydroxyl groups is 1. The van der Waals surface area contributed by atoms with Crippen molar-refractivity contribution in [2.45, 2.75) is 37.8 Å². The summed E-state index contributed by atoms with van der Waals surface area (Å²) in [5.74, 6) is -0.973. The summed E-state index contributed by atoms with van der Waals surface area (Å²) in [7, 11) is 0. The third kappa shape index (κ3) is 2.60. The van der Waals surface area contributed by atoms with Gasteiger partial charge in [0.25, 0.3) is 0 Å². The fourth-order valence-corrected chi connectivity index (χ4v) is 2.86. The van der Waals surface area contributed by atoms with Crippen LogP contribution in [-0.2, 0) is 9.53 Å². The monoisotopic (exact) mass is 286 g/mol. The molecule has 7 nitrogen and oxygen atoms in total.